The van der Waals surface area contributed by atoms with Crippen molar-refractivity contribution in [3.8, 4) is 11.4 Å². The maximum absolute atomic E-state index is 14.9. The predicted molar refractivity (Wildman–Crippen MR) is 161 cm³/mol. The highest BCUT2D eigenvalue weighted by Gasteiger charge is 2.32. The fraction of sp³-hybridized carbons (Fsp3) is 0.241. The smallest absolute Gasteiger partial charge is 0.406 e. The van der Waals surface area contributed by atoms with Crippen LogP contribution in [0.2, 0.25) is 0 Å². The van der Waals surface area contributed by atoms with Gasteiger partial charge in [-0.3, -0.25) is 4.90 Å². The van der Waals surface area contributed by atoms with Crippen LogP contribution in [0.5, 0.6) is 5.75 Å². The van der Waals surface area contributed by atoms with E-state index in [1.54, 1.807) is 18.1 Å². The number of urea groups is 1. The number of aliphatic hydroxyl groups is 1. The highest BCUT2D eigenvalue weighted by Crippen LogP contribution is 2.33. The number of nitrogens with one attached hydrogen (secondary N) is 2. The molecule has 0 saturated carbocycles. The summed E-state index contributed by atoms with van der Waals surface area (Å²) in [5, 5.41) is 20.5. The van der Waals surface area contributed by atoms with Crippen LogP contribution in [0.4, 0.5) is 39.7 Å². The Morgan fingerprint density at radius 1 is 1.16 bits per heavy atom. The molecule has 0 aliphatic carbocycles. The monoisotopic (exact) mass is 645 g/mol. The molecule has 4 aromatic rings. The summed E-state index contributed by atoms with van der Waals surface area (Å²) in [7, 11) is 1.56. The number of rotatable bonds is 9. The van der Waals surface area contributed by atoms with Crippen molar-refractivity contribution in [3.63, 3.8) is 0 Å². The molecular formula is C29H27F4N7O4S. The summed E-state index contributed by atoms with van der Waals surface area (Å²) in [6, 6.07) is 14.2. The third kappa shape index (κ3) is 8.09. The molecule has 2 amide bonds. The Morgan fingerprint density at radius 3 is 2.64 bits per heavy atom. The first-order valence-corrected chi connectivity index (χ1v) is 14.4. The van der Waals surface area contributed by atoms with Gasteiger partial charge in [-0.1, -0.05) is 30.0 Å². The van der Waals surface area contributed by atoms with Crippen molar-refractivity contribution in [2.45, 2.75) is 32.7 Å². The molecule has 1 aromatic heterocycles. The SMILES string of the molecule is COCc1ccc(C)cc1N1/C(=N/C(=O)Nc2ccc(CNc3ncn(-c4ccc(OC(F)(F)F)cc4)n3)cc2F)SCC1O. The van der Waals surface area contributed by atoms with Gasteiger partial charge in [0.05, 0.1) is 23.7 Å². The number of benzene rings is 3. The van der Waals surface area contributed by atoms with E-state index in [2.05, 4.69) is 30.4 Å². The number of aliphatic hydroxyl groups excluding tert-OH is 1. The summed E-state index contributed by atoms with van der Waals surface area (Å²) in [5.74, 6) is -0.573. The Bertz CT molecular complexity index is 1700. The van der Waals surface area contributed by atoms with Gasteiger partial charge in [-0.25, -0.2) is 18.9 Å². The summed E-state index contributed by atoms with van der Waals surface area (Å²) >= 11 is 1.20. The van der Waals surface area contributed by atoms with Gasteiger partial charge in [-0.05, 0) is 60.5 Å². The third-order valence-corrected chi connectivity index (χ3v) is 7.43. The van der Waals surface area contributed by atoms with Gasteiger partial charge in [0.2, 0.25) is 5.95 Å². The molecule has 1 fully saturated rings. The lowest BCUT2D eigenvalue weighted by Crippen LogP contribution is -2.35. The molecule has 236 valence electrons. The molecule has 1 atom stereocenters. The topological polar surface area (TPSA) is 126 Å². The summed E-state index contributed by atoms with van der Waals surface area (Å²) in [4.78, 5) is 22.5. The number of halogens is 4. The lowest BCUT2D eigenvalue weighted by atomic mass is 10.1. The van der Waals surface area contributed by atoms with Gasteiger partial charge in [0, 0.05) is 25.0 Å². The number of amidine groups is 1. The number of amides is 2. The van der Waals surface area contributed by atoms with Gasteiger partial charge in [0.1, 0.15) is 24.1 Å². The first-order chi connectivity index (χ1) is 21.5. The number of aliphatic imine (C=N–C) groups is 1. The maximum atomic E-state index is 14.9. The summed E-state index contributed by atoms with van der Waals surface area (Å²) < 4.78 is 62.5. The Labute approximate surface area is 258 Å². The molecule has 16 heteroatoms. The molecule has 1 aliphatic rings. The standard InChI is InChI=1S/C29H27F4N7O4S/c1-17-3-5-19(14-43-2)24(11-17)40-25(41)15-45-28(40)37-27(42)36-23-10-4-18(12-22(23)30)13-34-26-35-16-39(38-26)20-6-8-21(9-7-20)44-29(31,32)33/h3-12,16,25,41H,13-15H2,1-2H3,(H,34,38)(H,36,42)/b37-28-. The minimum absolute atomic E-state index is 0.0841. The zero-order valence-electron chi connectivity index (χ0n) is 23.9. The van der Waals surface area contributed by atoms with Gasteiger partial charge in [-0.2, -0.15) is 4.99 Å². The number of hydrogen-bond donors (Lipinski definition) is 3. The first kappa shape index (κ1) is 31.7. The summed E-state index contributed by atoms with van der Waals surface area (Å²) in [6.45, 7) is 2.35. The molecule has 45 heavy (non-hydrogen) atoms. The van der Waals surface area contributed by atoms with Crippen molar-refractivity contribution in [2.24, 2.45) is 4.99 Å². The predicted octanol–water partition coefficient (Wildman–Crippen LogP) is 5.83. The van der Waals surface area contributed by atoms with E-state index in [4.69, 9.17) is 4.74 Å². The van der Waals surface area contributed by atoms with Crippen molar-refractivity contribution in [3.05, 3.63) is 89.5 Å². The molecule has 1 saturated heterocycles. The molecule has 0 radical (unpaired) electrons. The van der Waals surface area contributed by atoms with Gasteiger partial charge in [0.15, 0.2) is 5.17 Å². The lowest BCUT2D eigenvalue weighted by molar-refractivity contribution is -0.274. The molecule has 1 aliphatic heterocycles. The minimum Gasteiger partial charge on any atom is -0.406 e. The molecule has 5 rings (SSSR count). The number of hydrogen-bond acceptors (Lipinski definition) is 8. The van der Waals surface area contributed by atoms with Crippen molar-refractivity contribution in [2.75, 3.05) is 28.4 Å². The van der Waals surface area contributed by atoms with E-state index in [0.717, 1.165) is 23.3 Å². The van der Waals surface area contributed by atoms with Gasteiger partial charge in [-0.15, -0.1) is 18.3 Å². The highest BCUT2D eigenvalue weighted by atomic mass is 32.2. The third-order valence-electron chi connectivity index (χ3n) is 6.42. The number of ether oxygens (including phenoxy) is 2. The zero-order chi connectivity index (χ0) is 32.1. The Morgan fingerprint density at radius 2 is 1.93 bits per heavy atom. The lowest BCUT2D eigenvalue weighted by Gasteiger charge is -2.25. The van der Waals surface area contributed by atoms with Crippen LogP contribution >= 0.6 is 11.8 Å². The first-order valence-electron chi connectivity index (χ1n) is 13.4. The number of thioether (sulfide) groups is 1. The van der Waals surface area contributed by atoms with E-state index < -0.39 is 24.4 Å². The number of nitrogens with zero attached hydrogens (tertiary/aromatic N) is 5. The van der Waals surface area contributed by atoms with Crippen LogP contribution in [-0.4, -0.2) is 56.5 Å². The normalized spacial score (nSPS) is 15.8. The number of carbonyl (C=O) groups excluding carboxylic acids is 1. The number of aromatic nitrogens is 3. The fourth-order valence-electron chi connectivity index (χ4n) is 4.40. The van der Waals surface area contributed by atoms with E-state index in [1.165, 1.54) is 47.0 Å². The molecule has 0 bridgehead atoms. The number of alkyl halides is 3. The number of carbonyl (C=O) groups is 1. The van der Waals surface area contributed by atoms with E-state index >= 15 is 0 Å². The molecule has 1 unspecified atom stereocenters. The van der Waals surface area contributed by atoms with Crippen LogP contribution in [0, 0.1) is 12.7 Å². The van der Waals surface area contributed by atoms with E-state index in [1.807, 2.05) is 25.1 Å². The summed E-state index contributed by atoms with van der Waals surface area (Å²) in [5.41, 5.74) is 3.31. The largest absolute Gasteiger partial charge is 0.573 e. The van der Waals surface area contributed by atoms with Crippen LogP contribution in [0.25, 0.3) is 5.69 Å². The van der Waals surface area contributed by atoms with Crippen molar-refractivity contribution in [1.82, 2.24) is 14.8 Å². The number of aryl methyl sites for hydroxylation is 1. The van der Waals surface area contributed by atoms with Crippen molar-refractivity contribution >= 4 is 40.3 Å². The van der Waals surface area contributed by atoms with Crippen molar-refractivity contribution < 1.29 is 36.9 Å². The number of methoxy groups -OCH3 is 1. The van der Waals surface area contributed by atoms with Crippen LogP contribution in [0.15, 0.2) is 72.0 Å². The summed E-state index contributed by atoms with van der Waals surface area (Å²) in [6.07, 6.45) is -4.34. The van der Waals surface area contributed by atoms with E-state index in [-0.39, 0.29) is 29.1 Å². The van der Waals surface area contributed by atoms with E-state index in [0.29, 0.717) is 29.3 Å². The average molecular weight is 646 g/mol. The second kappa shape index (κ2) is 13.5. The van der Waals surface area contributed by atoms with Crippen LogP contribution in [0.3, 0.4) is 0 Å². The Balaban J connectivity index is 1.20. The average Bonchev–Trinajstić information content (AvgIpc) is 3.60. The molecule has 2 heterocycles. The molecule has 3 aromatic carbocycles. The fourth-order valence-corrected chi connectivity index (χ4v) is 5.35. The molecule has 3 N–H and O–H groups in total. The molecule has 0 spiro atoms. The second-order valence-corrected chi connectivity index (χ2v) is 10.8. The van der Waals surface area contributed by atoms with Gasteiger partial charge >= 0.3 is 12.4 Å². The van der Waals surface area contributed by atoms with E-state index in [9.17, 15) is 27.5 Å². The second-order valence-electron chi connectivity index (χ2n) is 9.77. The highest BCUT2D eigenvalue weighted by molar-refractivity contribution is 8.14. The quantitative estimate of drug-likeness (QED) is 0.193. The number of anilines is 3. The van der Waals surface area contributed by atoms with Crippen LogP contribution in [-0.2, 0) is 17.9 Å². The Kier molecular flexibility index (Phi) is 9.55. The minimum atomic E-state index is -4.79. The van der Waals surface area contributed by atoms with Gasteiger partial charge < -0.3 is 25.2 Å². The van der Waals surface area contributed by atoms with Gasteiger partial charge in [0.25, 0.3) is 0 Å². The zero-order valence-corrected chi connectivity index (χ0v) is 24.7. The molecular weight excluding hydrogens is 618 g/mol. The molecule has 11 nitrogen and oxygen atoms in total. The van der Waals surface area contributed by atoms with Crippen LogP contribution < -0.4 is 20.3 Å². The van der Waals surface area contributed by atoms with Crippen LogP contribution in [0.1, 0.15) is 16.7 Å². The van der Waals surface area contributed by atoms with Crippen molar-refractivity contribution in [1.29, 1.82) is 0 Å². The Hall–Kier alpha value is -4.67. The maximum Gasteiger partial charge on any atom is 0.573 e.